The fourth-order valence-electron chi connectivity index (χ4n) is 8.90. The zero-order chi connectivity index (χ0) is 48.4. The number of hydrogen-bond donors (Lipinski definition) is 12. The Morgan fingerprint density at radius 2 is 0.864 bits per heavy atom. The first-order chi connectivity index (χ1) is 31.8. The van der Waals surface area contributed by atoms with Crippen molar-refractivity contribution in [1.82, 2.24) is 5.32 Å². The Hall–Kier alpha value is -1.21. The molecule has 0 radical (unpaired) electrons. The molecular formula is C47H89NO18. The molecule has 19 nitrogen and oxygen atoms in total. The fourth-order valence-corrected chi connectivity index (χ4v) is 8.90. The lowest BCUT2D eigenvalue weighted by atomic mass is 9.96. The van der Waals surface area contributed by atoms with Crippen LogP contribution in [0.1, 0.15) is 162 Å². The summed E-state index contributed by atoms with van der Waals surface area (Å²) < 4.78 is 34.0. The van der Waals surface area contributed by atoms with Crippen LogP contribution in [-0.2, 0) is 33.2 Å². The molecule has 3 aliphatic heterocycles. The molecule has 17 atom stereocenters. The molecule has 0 spiro atoms. The predicted molar refractivity (Wildman–Crippen MR) is 240 cm³/mol. The molecule has 390 valence electrons. The van der Waals surface area contributed by atoms with E-state index >= 15 is 0 Å². The van der Waals surface area contributed by atoms with Gasteiger partial charge >= 0.3 is 0 Å². The van der Waals surface area contributed by atoms with E-state index in [9.17, 15) is 61.0 Å². The van der Waals surface area contributed by atoms with Crippen LogP contribution in [0.25, 0.3) is 0 Å². The van der Waals surface area contributed by atoms with Crippen LogP contribution in [-0.4, -0.2) is 193 Å². The molecule has 3 saturated heterocycles. The quantitative estimate of drug-likeness (QED) is 0.0399. The van der Waals surface area contributed by atoms with Crippen LogP contribution in [0.15, 0.2) is 0 Å². The average Bonchev–Trinajstić information content (AvgIpc) is 3.31. The second kappa shape index (κ2) is 33.4. The van der Waals surface area contributed by atoms with Gasteiger partial charge in [0.2, 0.25) is 5.91 Å². The smallest absolute Gasteiger partial charge is 0.220 e. The van der Waals surface area contributed by atoms with Gasteiger partial charge in [0.1, 0.15) is 73.2 Å². The van der Waals surface area contributed by atoms with Gasteiger partial charge in [-0.05, 0) is 12.8 Å². The first-order valence-electron chi connectivity index (χ1n) is 25.3. The highest BCUT2D eigenvalue weighted by Crippen LogP contribution is 2.33. The number of aliphatic hydroxyl groups excluding tert-OH is 11. The molecule has 0 aromatic carbocycles. The van der Waals surface area contributed by atoms with E-state index in [-0.39, 0.29) is 18.9 Å². The van der Waals surface area contributed by atoms with Crippen LogP contribution in [0.4, 0.5) is 0 Å². The van der Waals surface area contributed by atoms with Crippen molar-refractivity contribution >= 4 is 5.91 Å². The summed E-state index contributed by atoms with van der Waals surface area (Å²) in [5, 5.41) is 119. The standard InChI is InChI=1S/C47H89NO18/c1-3-5-7-9-11-12-13-14-15-16-17-18-19-21-23-25-35(53)48-30(31(52)24-22-20-10-8-6-4-2)29-61-45-41(59)38(56)43(33(27-50)63-45)66-47-42(60)39(57)44(34(28-51)64-47)65-46-40(58)37(55)36(54)32(26-49)62-46/h30-34,36-47,49-52,54-60H,3-29H2,1-2H3,(H,48,53). The van der Waals surface area contributed by atoms with E-state index in [0.717, 1.165) is 57.8 Å². The second-order valence-corrected chi connectivity index (χ2v) is 18.6. The Balaban J connectivity index is 1.51. The van der Waals surface area contributed by atoms with Gasteiger partial charge in [-0.2, -0.15) is 0 Å². The number of aliphatic hydroxyl groups is 11. The Labute approximate surface area is 392 Å². The van der Waals surface area contributed by atoms with Gasteiger partial charge in [0.25, 0.3) is 0 Å². The van der Waals surface area contributed by atoms with E-state index in [1.165, 1.54) is 70.6 Å². The molecule has 0 aliphatic carbocycles. The largest absolute Gasteiger partial charge is 0.394 e. The van der Waals surface area contributed by atoms with E-state index in [2.05, 4.69) is 19.2 Å². The van der Waals surface area contributed by atoms with Crippen molar-refractivity contribution in [2.75, 3.05) is 26.4 Å². The number of rotatable bonds is 35. The zero-order valence-corrected chi connectivity index (χ0v) is 39.7. The van der Waals surface area contributed by atoms with Gasteiger partial charge in [-0.25, -0.2) is 0 Å². The van der Waals surface area contributed by atoms with Crippen molar-refractivity contribution in [3.05, 3.63) is 0 Å². The maximum atomic E-state index is 13.2. The topological polar surface area (TPSA) is 307 Å². The third kappa shape index (κ3) is 19.5. The Morgan fingerprint density at radius 1 is 0.485 bits per heavy atom. The lowest BCUT2D eigenvalue weighted by Gasteiger charge is -2.48. The summed E-state index contributed by atoms with van der Waals surface area (Å²) in [5.41, 5.74) is 0. The summed E-state index contributed by atoms with van der Waals surface area (Å²) in [4.78, 5) is 13.2. The molecule has 0 aromatic rings. The van der Waals surface area contributed by atoms with E-state index in [4.69, 9.17) is 28.4 Å². The zero-order valence-electron chi connectivity index (χ0n) is 39.7. The van der Waals surface area contributed by atoms with Crippen molar-refractivity contribution < 1.29 is 89.4 Å². The lowest BCUT2D eigenvalue weighted by Crippen LogP contribution is -2.66. The minimum Gasteiger partial charge on any atom is -0.394 e. The molecule has 66 heavy (non-hydrogen) atoms. The highest BCUT2D eigenvalue weighted by molar-refractivity contribution is 5.76. The number of unbranched alkanes of at least 4 members (excludes halogenated alkanes) is 19. The van der Waals surface area contributed by atoms with Gasteiger partial charge in [-0.1, -0.05) is 142 Å². The summed E-state index contributed by atoms with van der Waals surface area (Å²) in [5.74, 6) is -0.248. The van der Waals surface area contributed by atoms with Gasteiger partial charge in [0, 0.05) is 6.42 Å². The third-order valence-corrected chi connectivity index (χ3v) is 13.2. The number of carbonyl (C=O) groups is 1. The lowest BCUT2D eigenvalue weighted by molar-refractivity contribution is -0.379. The molecule has 17 unspecified atom stereocenters. The Bertz CT molecular complexity index is 1240. The van der Waals surface area contributed by atoms with E-state index in [1.807, 2.05) is 0 Å². The van der Waals surface area contributed by atoms with Crippen molar-refractivity contribution in [2.24, 2.45) is 0 Å². The number of nitrogens with one attached hydrogen (secondary N) is 1. The molecule has 3 heterocycles. The van der Waals surface area contributed by atoms with E-state index in [1.54, 1.807) is 0 Å². The molecule has 0 aromatic heterocycles. The monoisotopic (exact) mass is 956 g/mol. The summed E-state index contributed by atoms with van der Waals surface area (Å²) in [7, 11) is 0. The SMILES string of the molecule is CCCCCCCCCCCCCCCCCC(=O)NC(COC1OC(CO)C(OC2OC(CO)C(OC3OC(CO)C(O)C(O)C3O)C(O)C2O)C(O)C1O)C(O)CCCCCCCC. The predicted octanol–water partition coefficient (Wildman–Crippen LogP) is 1.31. The van der Waals surface area contributed by atoms with Crippen molar-refractivity contribution in [2.45, 2.75) is 266 Å². The van der Waals surface area contributed by atoms with Crippen molar-refractivity contribution in [1.29, 1.82) is 0 Å². The number of carbonyl (C=O) groups excluding carboxylic acids is 1. The Morgan fingerprint density at radius 3 is 1.32 bits per heavy atom. The molecular weight excluding hydrogens is 867 g/mol. The maximum absolute atomic E-state index is 13.2. The summed E-state index contributed by atoms with van der Waals surface area (Å²) in [6.07, 6.45) is -1.67. The molecule has 3 aliphatic rings. The van der Waals surface area contributed by atoms with Gasteiger partial charge in [-0.15, -0.1) is 0 Å². The molecule has 1 amide bonds. The van der Waals surface area contributed by atoms with E-state index < -0.39 is 124 Å². The molecule has 3 rings (SSSR count). The molecule has 0 bridgehead atoms. The molecule has 19 heteroatoms. The second-order valence-electron chi connectivity index (χ2n) is 18.6. The van der Waals surface area contributed by atoms with E-state index in [0.29, 0.717) is 12.8 Å². The minimum atomic E-state index is -1.97. The van der Waals surface area contributed by atoms with Gasteiger partial charge in [-0.3, -0.25) is 4.79 Å². The highest BCUT2D eigenvalue weighted by Gasteiger charge is 2.53. The third-order valence-electron chi connectivity index (χ3n) is 13.2. The fraction of sp³-hybridized carbons (Fsp3) is 0.979. The van der Waals surface area contributed by atoms with Crippen LogP contribution >= 0.6 is 0 Å². The van der Waals surface area contributed by atoms with Crippen LogP contribution in [0.2, 0.25) is 0 Å². The number of ether oxygens (including phenoxy) is 6. The minimum absolute atomic E-state index is 0.248. The molecule has 3 fully saturated rings. The van der Waals surface area contributed by atoms with Gasteiger partial charge in [0.15, 0.2) is 18.9 Å². The van der Waals surface area contributed by atoms with Crippen LogP contribution < -0.4 is 5.32 Å². The summed E-state index contributed by atoms with van der Waals surface area (Å²) in [6, 6.07) is -0.875. The summed E-state index contributed by atoms with van der Waals surface area (Å²) in [6.45, 7) is 1.68. The van der Waals surface area contributed by atoms with Crippen LogP contribution in [0.3, 0.4) is 0 Å². The molecule has 0 saturated carbocycles. The number of amides is 1. The molecule has 12 N–H and O–H groups in total. The first kappa shape index (κ1) is 59.1. The normalized spacial score (nSPS) is 33.7. The first-order valence-corrected chi connectivity index (χ1v) is 25.3. The maximum Gasteiger partial charge on any atom is 0.220 e. The van der Waals surface area contributed by atoms with Crippen molar-refractivity contribution in [3.63, 3.8) is 0 Å². The highest BCUT2D eigenvalue weighted by atomic mass is 16.8. The van der Waals surface area contributed by atoms with Gasteiger partial charge < -0.3 is 89.9 Å². The summed E-state index contributed by atoms with van der Waals surface area (Å²) >= 11 is 0. The Kier molecular flexibility index (Phi) is 29.9. The number of hydrogen-bond acceptors (Lipinski definition) is 18. The van der Waals surface area contributed by atoms with Crippen LogP contribution in [0.5, 0.6) is 0 Å². The van der Waals surface area contributed by atoms with Crippen molar-refractivity contribution in [3.8, 4) is 0 Å². The average molecular weight is 956 g/mol. The van der Waals surface area contributed by atoms with Crippen LogP contribution in [0, 0.1) is 0 Å². The van der Waals surface area contributed by atoms with Gasteiger partial charge in [0.05, 0.1) is 38.6 Å².